The fraction of sp³-hybridized carbons (Fsp3) is 1.00. The van der Waals surface area contributed by atoms with Crippen molar-refractivity contribution in [2.75, 3.05) is 26.9 Å². The zero-order valence-electron chi connectivity index (χ0n) is 9.05. The fourth-order valence-corrected chi connectivity index (χ4v) is 2.75. The first-order valence-corrected chi connectivity index (χ1v) is 5.74. The van der Waals surface area contributed by atoms with Crippen LogP contribution in [-0.2, 0) is 9.47 Å². The lowest BCUT2D eigenvalue weighted by Crippen LogP contribution is -2.58. The molecule has 1 aliphatic carbocycles. The number of rotatable bonds is 2. The fourth-order valence-electron chi connectivity index (χ4n) is 2.75. The number of methoxy groups -OCH3 is 1. The summed E-state index contributed by atoms with van der Waals surface area (Å²) in [5, 5.41) is 3.53. The second kappa shape index (κ2) is 4.60. The third-order valence-corrected chi connectivity index (χ3v) is 3.66. The van der Waals surface area contributed by atoms with Crippen LogP contribution in [0.2, 0.25) is 0 Å². The van der Waals surface area contributed by atoms with Crippen molar-refractivity contribution in [1.29, 1.82) is 0 Å². The summed E-state index contributed by atoms with van der Waals surface area (Å²) in [6, 6.07) is 0.404. The highest BCUT2D eigenvalue weighted by molar-refractivity contribution is 4.96. The van der Waals surface area contributed by atoms with E-state index in [0.717, 1.165) is 19.8 Å². The highest BCUT2D eigenvalue weighted by atomic mass is 16.5. The lowest BCUT2D eigenvalue weighted by molar-refractivity contribution is -0.0981. The molecule has 0 aromatic rings. The molecular weight excluding hydrogens is 178 g/mol. The van der Waals surface area contributed by atoms with Crippen LogP contribution < -0.4 is 5.32 Å². The molecule has 1 aliphatic heterocycles. The highest BCUT2D eigenvalue weighted by Crippen LogP contribution is 2.34. The minimum absolute atomic E-state index is 0.0542. The Labute approximate surface area is 86.2 Å². The van der Waals surface area contributed by atoms with Gasteiger partial charge in [-0.1, -0.05) is 19.3 Å². The number of nitrogens with one attached hydrogen (secondary N) is 1. The van der Waals surface area contributed by atoms with Crippen LogP contribution in [-0.4, -0.2) is 38.5 Å². The highest BCUT2D eigenvalue weighted by Gasteiger charge is 2.40. The van der Waals surface area contributed by atoms with Gasteiger partial charge in [0.2, 0.25) is 0 Å². The van der Waals surface area contributed by atoms with E-state index in [1.165, 1.54) is 32.1 Å². The summed E-state index contributed by atoms with van der Waals surface area (Å²) in [5.74, 6) is 0. The number of ether oxygens (including phenoxy) is 2. The Morgan fingerprint density at radius 1 is 1.29 bits per heavy atom. The molecule has 82 valence electrons. The second-order valence-electron chi connectivity index (χ2n) is 4.41. The van der Waals surface area contributed by atoms with E-state index in [0.29, 0.717) is 6.04 Å². The van der Waals surface area contributed by atoms with E-state index in [1.807, 2.05) is 7.11 Å². The first-order valence-electron chi connectivity index (χ1n) is 5.74. The van der Waals surface area contributed by atoms with Gasteiger partial charge in [-0.2, -0.15) is 0 Å². The quantitative estimate of drug-likeness (QED) is 0.727. The zero-order valence-corrected chi connectivity index (χ0v) is 9.05. The number of hydrogen-bond acceptors (Lipinski definition) is 3. The average Bonchev–Trinajstić information content (AvgIpc) is 2.31. The van der Waals surface area contributed by atoms with Crippen LogP contribution in [0.25, 0.3) is 0 Å². The molecule has 0 amide bonds. The van der Waals surface area contributed by atoms with Crippen molar-refractivity contribution in [1.82, 2.24) is 5.32 Å². The van der Waals surface area contributed by atoms with Crippen molar-refractivity contribution in [2.45, 2.75) is 43.7 Å². The van der Waals surface area contributed by atoms with E-state index in [4.69, 9.17) is 9.47 Å². The van der Waals surface area contributed by atoms with Gasteiger partial charge in [0.05, 0.1) is 24.9 Å². The summed E-state index contributed by atoms with van der Waals surface area (Å²) in [5.41, 5.74) is 0.0542. The molecule has 0 spiro atoms. The van der Waals surface area contributed by atoms with Gasteiger partial charge in [-0.15, -0.1) is 0 Å². The first-order chi connectivity index (χ1) is 6.87. The molecule has 1 unspecified atom stereocenters. The summed E-state index contributed by atoms with van der Waals surface area (Å²) >= 11 is 0. The summed E-state index contributed by atoms with van der Waals surface area (Å²) in [6.45, 7) is 2.62. The van der Waals surface area contributed by atoms with E-state index < -0.39 is 0 Å². The van der Waals surface area contributed by atoms with Crippen molar-refractivity contribution in [3.8, 4) is 0 Å². The van der Waals surface area contributed by atoms with Gasteiger partial charge in [0.1, 0.15) is 0 Å². The smallest absolute Gasteiger partial charge is 0.0853 e. The van der Waals surface area contributed by atoms with Gasteiger partial charge in [0, 0.05) is 13.7 Å². The molecule has 2 rings (SSSR count). The Morgan fingerprint density at radius 3 is 2.64 bits per heavy atom. The molecule has 1 heterocycles. The molecule has 1 atom stereocenters. The number of morpholine rings is 1. The Balaban J connectivity index is 2.01. The predicted octanol–water partition coefficient (Wildman–Crippen LogP) is 1.32. The van der Waals surface area contributed by atoms with Crippen molar-refractivity contribution >= 4 is 0 Å². The molecule has 0 aromatic heterocycles. The topological polar surface area (TPSA) is 30.5 Å². The third kappa shape index (κ3) is 1.95. The van der Waals surface area contributed by atoms with E-state index in [9.17, 15) is 0 Å². The summed E-state index contributed by atoms with van der Waals surface area (Å²) in [7, 11) is 1.85. The summed E-state index contributed by atoms with van der Waals surface area (Å²) in [4.78, 5) is 0. The minimum atomic E-state index is 0.0542. The predicted molar refractivity (Wildman–Crippen MR) is 55.4 cm³/mol. The standard InChI is InChI=1S/C11H21NO2/c1-13-11(5-3-2-4-6-11)10-9-14-8-7-12-10/h10,12H,2-9H2,1H3. The maximum atomic E-state index is 5.78. The van der Waals surface area contributed by atoms with Crippen LogP contribution in [0.15, 0.2) is 0 Å². The summed E-state index contributed by atoms with van der Waals surface area (Å²) < 4.78 is 11.3. The van der Waals surface area contributed by atoms with Crippen LogP contribution in [0.3, 0.4) is 0 Å². The maximum Gasteiger partial charge on any atom is 0.0853 e. The van der Waals surface area contributed by atoms with E-state index >= 15 is 0 Å². The minimum Gasteiger partial charge on any atom is -0.378 e. The van der Waals surface area contributed by atoms with Gasteiger partial charge in [-0.05, 0) is 12.8 Å². The van der Waals surface area contributed by atoms with Crippen LogP contribution in [0.1, 0.15) is 32.1 Å². The monoisotopic (exact) mass is 199 g/mol. The second-order valence-corrected chi connectivity index (χ2v) is 4.41. The molecule has 14 heavy (non-hydrogen) atoms. The maximum absolute atomic E-state index is 5.78. The molecule has 0 bridgehead atoms. The molecule has 1 N–H and O–H groups in total. The van der Waals surface area contributed by atoms with Crippen molar-refractivity contribution < 1.29 is 9.47 Å². The van der Waals surface area contributed by atoms with Crippen LogP contribution in [0, 0.1) is 0 Å². The van der Waals surface area contributed by atoms with E-state index in [-0.39, 0.29) is 5.60 Å². The lowest BCUT2D eigenvalue weighted by Gasteiger charge is -2.44. The van der Waals surface area contributed by atoms with Crippen molar-refractivity contribution in [3.63, 3.8) is 0 Å². The molecule has 0 aromatic carbocycles. The molecule has 3 nitrogen and oxygen atoms in total. The van der Waals surface area contributed by atoms with Gasteiger partial charge in [0.15, 0.2) is 0 Å². The first kappa shape index (κ1) is 10.4. The Morgan fingerprint density at radius 2 is 2.07 bits per heavy atom. The van der Waals surface area contributed by atoms with Gasteiger partial charge < -0.3 is 14.8 Å². The SMILES string of the molecule is COC1(C2COCCN2)CCCCC1. The normalized spacial score (nSPS) is 32.8. The van der Waals surface area contributed by atoms with Gasteiger partial charge in [-0.3, -0.25) is 0 Å². The van der Waals surface area contributed by atoms with E-state index in [2.05, 4.69) is 5.32 Å². The van der Waals surface area contributed by atoms with Crippen molar-refractivity contribution in [3.05, 3.63) is 0 Å². The van der Waals surface area contributed by atoms with Gasteiger partial charge in [-0.25, -0.2) is 0 Å². The zero-order chi connectivity index (χ0) is 9.86. The van der Waals surface area contributed by atoms with Gasteiger partial charge in [0.25, 0.3) is 0 Å². The third-order valence-electron chi connectivity index (χ3n) is 3.66. The summed E-state index contributed by atoms with van der Waals surface area (Å²) in [6.07, 6.45) is 6.33. The Bertz CT molecular complexity index is 172. The van der Waals surface area contributed by atoms with Crippen LogP contribution in [0.5, 0.6) is 0 Å². The lowest BCUT2D eigenvalue weighted by atomic mass is 9.79. The molecule has 1 saturated heterocycles. The molecule has 0 radical (unpaired) electrons. The van der Waals surface area contributed by atoms with E-state index in [1.54, 1.807) is 0 Å². The van der Waals surface area contributed by atoms with Crippen LogP contribution >= 0.6 is 0 Å². The average molecular weight is 199 g/mol. The Kier molecular flexibility index (Phi) is 3.42. The molecule has 2 aliphatic rings. The van der Waals surface area contributed by atoms with Gasteiger partial charge >= 0.3 is 0 Å². The van der Waals surface area contributed by atoms with Crippen LogP contribution in [0.4, 0.5) is 0 Å². The van der Waals surface area contributed by atoms with Crippen molar-refractivity contribution in [2.24, 2.45) is 0 Å². The molecule has 3 heteroatoms. The molecule has 1 saturated carbocycles. The number of hydrogen-bond donors (Lipinski definition) is 1. The molecular formula is C11H21NO2. The Hall–Kier alpha value is -0.120. The molecule has 2 fully saturated rings. The largest absolute Gasteiger partial charge is 0.378 e.